The standard InChI is InChI=1S/C27H41NO2/c1-6-15(3)24-16(4)23-18-9-8-17-19-13-30-22(7-2)25(19,5)12-21(29)27(17)14-26(18,27)11-10-20(23)28-24/h15-20,22-23H,6-14H2,1-5H3. The molecule has 2 heterocycles. The number of carbonyl (C=O) groups excluding carboxylic acids is 1. The molecule has 0 aromatic rings. The van der Waals surface area contributed by atoms with Crippen LogP contribution >= 0.6 is 0 Å². The van der Waals surface area contributed by atoms with Crippen LogP contribution in [0.3, 0.4) is 0 Å². The van der Waals surface area contributed by atoms with Gasteiger partial charge in [0.2, 0.25) is 0 Å². The van der Waals surface area contributed by atoms with Gasteiger partial charge in [-0.2, -0.15) is 0 Å². The van der Waals surface area contributed by atoms with Crippen LogP contribution in [0.5, 0.6) is 0 Å². The molecule has 0 aromatic heterocycles. The van der Waals surface area contributed by atoms with E-state index in [0.29, 0.717) is 46.8 Å². The summed E-state index contributed by atoms with van der Waals surface area (Å²) in [5, 5.41) is 0. The molecule has 6 aliphatic rings. The van der Waals surface area contributed by atoms with Crippen molar-refractivity contribution in [2.75, 3.05) is 6.61 Å². The van der Waals surface area contributed by atoms with Crippen molar-refractivity contribution in [1.29, 1.82) is 0 Å². The highest BCUT2D eigenvalue weighted by Crippen LogP contribution is 2.84. The van der Waals surface area contributed by atoms with Crippen molar-refractivity contribution in [2.45, 2.75) is 98.1 Å². The van der Waals surface area contributed by atoms with Gasteiger partial charge in [0.15, 0.2) is 0 Å². The molecule has 3 nitrogen and oxygen atoms in total. The first-order valence-electron chi connectivity index (χ1n) is 13.1. The summed E-state index contributed by atoms with van der Waals surface area (Å²) >= 11 is 0. The highest BCUT2D eigenvalue weighted by atomic mass is 16.5. The molecule has 5 fully saturated rings. The fourth-order valence-electron chi connectivity index (χ4n) is 10.2. The summed E-state index contributed by atoms with van der Waals surface area (Å²) in [4.78, 5) is 19.3. The Kier molecular flexibility index (Phi) is 4.13. The van der Waals surface area contributed by atoms with Crippen LogP contribution in [0.1, 0.15) is 86.0 Å². The van der Waals surface area contributed by atoms with Gasteiger partial charge in [0.05, 0.1) is 18.8 Å². The molecule has 2 aliphatic heterocycles. The van der Waals surface area contributed by atoms with Crippen molar-refractivity contribution in [3.63, 3.8) is 0 Å². The number of Topliss-reactive ketones (excluding diaryl/α,β-unsaturated/α-hetero) is 1. The van der Waals surface area contributed by atoms with E-state index in [4.69, 9.17) is 9.73 Å². The van der Waals surface area contributed by atoms with Crippen LogP contribution in [0, 0.1) is 51.8 Å². The zero-order valence-electron chi connectivity index (χ0n) is 19.7. The average Bonchev–Trinajstić information content (AvgIpc) is 3.16. The quantitative estimate of drug-likeness (QED) is 0.597. The van der Waals surface area contributed by atoms with E-state index in [-0.39, 0.29) is 16.9 Å². The molecule has 3 heteroatoms. The van der Waals surface area contributed by atoms with Gasteiger partial charge >= 0.3 is 0 Å². The van der Waals surface area contributed by atoms with Crippen LogP contribution in [0.2, 0.25) is 0 Å². The lowest BCUT2D eigenvalue weighted by molar-refractivity contribution is -0.148. The Morgan fingerprint density at radius 2 is 1.93 bits per heavy atom. The second-order valence-electron chi connectivity index (χ2n) is 12.4. The van der Waals surface area contributed by atoms with Crippen molar-refractivity contribution in [1.82, 2.24) is 0 Å². The van der Waals surface area contributed by atoms with Crippen molar-refractivity contribution in [3.8, 4) is 0 Å². The number of fused-ring (bicyclic) bond motifs is 4. The number of nitrogens with zero attached hydrogens (tertiary/aromatic N) is 1. The summed E-state index contributed by atoms with van der Waals surface area (Å²) in [6.07, 6.45) is 9.58. The Labute approximate surface area is 182 Å². The van der Waals surface area contributed by atoms with E-state index >= 15 is 0 Å². The van der Waals surface area contributed by atoms with Gasteiger partial charge in [-0.1, -0.05) is 34.6 Å². The second kappa shape index (κ2) is 6.21. The highest BCUT2D eigenvalue weighted by Gasteiger charge is 2.83. The molecule has 2 spiro atoms. The maximum Gasteiger partial charge on any atom is 0.140 e. The third kappa shape index (κ3) is 2.08. The van der Waals surface area contributed by atoms with Crippen LogP contribution in [0.4, 0.5) is 0 Å². The monoisotopic (exact) mass is 411 g/mol. The lowest BCUT2D eigenvalue weighted by Crippen LogP contribution is -2.56. The van der Waals surface area contributed by atoms with E-state index in [1.807, 2.05) is 0 Å². The number of ether oxygens (including phenoxy) is 1. The molecule has 0 bridgehead atoms. The molecule has 11 atom stereocenters. The summed E-state index contributed by atoms with van der Waals surface area (Å²) in [7, 11) is 0. The topological polar surface area (TPSA) is 38.7 Å². The van der Waals surface area contributed by atoms with E-state index in [2.05, 4.69) is 34.6 Å². The first kappa shape index (κ1) is 19.9. The van der Waals surface area contributed by atoms with E-state index in [1.165, 1.54) is 44.2 Å². The Morgan fingerprint density at radius 3 is 2.67 bits per heavy atom. The molecule has 11 unspecified atom stereocenters. The molecule has 1 saturated heterocycles. The van der Waals surface area contributed by atoms with Crippen LogP contribution in [-0.2, 0) is 9.53 Å². The Morgan fingerprint density at radius 1 is 1.17 bits per heavy atom. The van der Waals surface area contributed by atoms with Crippen LogP contribution in [-0.4, -0.2) is 30.2 Å². The first-order valence-corrected chi connectivity index (χ1v) is 13.1. The van der Waals surface area contributed by atoms with Gasteiger partial charge in [-0.3, -0.25) is 9.79 Å². The molecule has 0 amide bonds. The molecule has 30 heavy (non-hydrogen) atoms. The van der Waals surface area contributed by atoms with Gasteiger partial charge in [0.1, 0.15) is 5.78 Å². The minimum atomic E-state index is 0.00982. The highest BCUT2D eigenvalue weighted by molar-refractivity contribution is 5.93. The minimum absolute atomic E-state index is 0.00982. The fourth-order valence-corrected chi connectivity index (χ4v) is 10.2. The van der Waals surface area contributed by atoms with Gasteiger partial charge in [0.25, 0.3) is 0 Å². The SMILES string of the molecule is CCC(C)C1=NC2CCC34CC35C(=O)CC3(C)C(CC)OCC3C5CCC4C2C1C. The Hall–Kier alpha value is -0.700. The van der Waals surface area contributed by atoms with Gasteiger partial charge in [-0.05, 0) is 85.9 Å². The molecule has 0 radical (unpaired) electrons. The molecule has 166 valence electrons. The molecule has 6 rings (SSSR count). The predicted octanol–water partition coefficient (Wildman–Crippen LogP) is 5.71. The number of hydrogen-bond donors (Lipinski definition) is 0. The Balaban J connectivity index is 1.34. The number of aliphatic imine (C=N–C) groups is 1. The molecule has 4 saturated carbocycles. The smallest absolute Gasteiger partial charge is 0.140 e. The first-order chi connectivity index (χ1) is 14.3. The van der Waals surface area contributed by atoms with Crippen molar-refractivity contribution >= 4 is 11.5 Å². The normalized spacial score (nSPS) is 56.9. The van der Waals surface area contributed by atoms with Crippen molar-refractivity contribution in [2.24, 2.45) is 56.7 Å². The van der Waals surface area contributed by atoms with Crippen LogP contribution in [0.15, 0.2) is 4.99 Å². The van der Waals surface area contributed by atoms with Gasteiger partial charge in [-0.15, -0.1) is 0 Å². The van der Waals surface area contributed by atoms with Gasteiger partial charge < -0.3 is 4.74 Å². The maximum atomic E-state index is 14.0. The summed E-state index contributed by atoms with van der Waals surface area (Å²) in [6.45, 7) is 12.7. The molecule has 4 aliphatic carbocycles. The zero-order chi connectivity index (χ0) is 21.1. The number of carbonyl (C=O) groups is 1. The summed E-state index contributed by atoms with van der Waals surface area (Å²) in [5.41, 5.74) is 1.91. The average molecular weight is 412 g/mol. The van der Waals surface area contributed by atoms with Crippen molar-refractivity contribution in [3.05, 3.63) is 0 Å². The number of hydrogen-bond acceptors (Lipinski definition) is 3. The molecule has 0 N–H and O–H groups in total. The van der Waals surface area contributed by atoms with E-state index in [1.54, 1.807) is 0 Å². The largest absolute Gasteiger partial charge is 0.377 e. The lowest BCUT2D eigenvalue weighted by atomic mass is 9.47. The Bertz CT molecular complexity index is 805. The predicted molar refractivity (Wildman–Crippen MR) is 120 cm³/mol. The fraction of sp³-hybridized carbons (Fsp3) is 0.926. The summed E-state index contributed by atoms with van der Waals surface area (Å²) in [6, 6.07) is 0.539. The van der Waals surface area contributed by atoms with Gasteiger partial charge in [-0.25, -0.2) is 0 Å². The van der Waals surface area contributed by atoms with Crippen LogP contribution < -0.4 is 0 Å². The van der Waals surface area contributed by atoms with E-state index < -0.39 is 0 Å². The van der Waals surface area contributed by atoms with E-state index in [9.17, 15) is 4.79 Å². The molecular weight excluding hydrogens is 370 g/mol. The van der Waals surface area contributed by atoms with E-state index in [0.717, 1.165) is 25.4 Å². The summed E-state index contributed by atoms with van der Waals surface area (Å²) < 4.78 is 6.32. The third-order valence-corrected chi connectivity index (χ3v) is 11.7. The molecular formula is C27H41NO2. The summed E-state index contributed by atoms with van der Waals surface area (Å²) in [5.74, 6) is 4.48. The van der Waals surface area contributed by atoms with Crippen molar-refractivity contribution < 1.29 is 9.53 Å². The number of rotatable bonds is 3. The third-order valence-electron chi connectivity index (χ3n) is 11.7. The minimum Gasteiger partial charge on any atom is -0.377 e. The van der Waals surface area contributed by atoms with Gasteiger partial charge in [0, 0.05) is 23.0 Å². The molecule has 0 aromatic carbocycles. The lowest BCUT2D eigenvalue weighted by Gasteiger charge is -2.55. The number of ketones is 1. The maximum absolute atomic E-state index is 14.0. The zero-order valence-corrected chi connectivity index (χ0v) is 19.7. The second-order valence-corrected chi connectivity index (χ2v) is 12.4. The van der Waals surface area contributed by atoms with Crippen LogP contribution in [0.25, 0.3) is 0 Å².